The number of hydrogen-bond donors (Lipinski definition) is 0. The molecule has 1 amide bonds. The molecular formula is C19H18Cl2N2O3S. The number of aromatic nitrogens is 1. The van der Waals surface area contributed by atoms with E-state index in [2.05, 4.69) is 4.99 Å². The summed E-state index contributed by atoms with van der Waals surface area (Å²) in [6.07, 6.45) is 0. The van der Waals surface area contributed by atoms with Gasteiger partial charge in [0.2, 0.25) is 0 Å². The van der Waals surface area contributed by atoms with Crippen molar-refractivity contribution in [2.24, 2.45) is 4.99 Å². The zero-order valence-electron chi connectivity index (χ0n) is 14.7. The quantitative estimate of drug-likeness (QED) is 0.522. The molecule has 2 aromatic carbocycles. The van der Waals surface area contributed by atoms with Crippen molar-refractivity contribution >= 4 is 50.7 Å². The van der Waals surface area contributed by atoms with Gasteiger partial charge in [-0.15, -0.1) is 0 Å². The summed E-state index contributed by atoms with van der Waals surface area (Å²) in [5, 5.41) is 1.22. The highest BCUT2D eigenvalue weighted by Crippen LogP contribution is 2.25. The van der Waals surface area contributed by atoms with Gasteiger partial charge in [-0.2, -0.15) is 4.99 Å². The van der Waals surface area contributed by atoms with Gasteiger partial charge in [0.05, 0.1) is 21.8 Å². The lowest BCUT2D eigenvalue weighted by molar-refractivity contribution is -0.120. The SMILES string of the molecule is CCOCCn1c(=NC(=O)COc2ccc(Cl)cc2)sc2cccc(Cl)c21. The van der Waals surface area contributed by atoms with Gasteiger partial charge in [-0.05, 0) is 43.3 Å². The van der Waals surface area contributed by atoms with Crippen molar-refractivity contribution in [3.05, 3.63) is 57.3 Å². The number of amides is 1. The number of hydrogen-bond acceptors (Lipinski definition) is 4. The Balaban J connectivity index is 1.84. The minimum atomic E-state index is -0.377. The lowest BCUT2D eigenvalue weighted by Crippen LogP contribution is -2.21. The first kappa shape index (κ1) is 19.9. The predicted octanol–water partition coefficient (Wildman–Crippen LogP) is 4.55. The number of fused-ring (bicyclic) bond motifs is 1. The number of halogens is 2. The molecule has 0 saturated carbocycles. The number of para-hydroxylation sites is 1. The maximum Gasteiger partial charge on any atom is 0.286 e. The Labute approximate surface area is 170 Å². The first-order valence-electron chi connectivity index (χ1n) is 8.40. The van der Waals surface area contributed by atoms with Crippen LogP contribution < -0.4 is 9.54 Å². The van der Waals surface area contributed by atoms with Crippen LogP contribution in [0.5, 0.6) is 5.75 Å². The third-order valence-electron chi connectivity index (χ3n) is 3.71. The topological polar surface area (TPSA) is 52.8 Å². The Kier molecular flexibility index (Phi) is 6.90. The second-order valence-electron chi connectivity index (χ2n) is 5.57. The van der Waals surface area contributed by atoms with E-state index in [1.807, 2.05) is 29.7 Å². The molecule has 142 valence electrons. The molecule has 8 heteroatoms. The summed E-state index contributed by atoms with van der Waals surface area (Å²) in [5.74, 6) is 0.185. The second kappa shape index (κ2) is 9.37. The van der Waals surface area contributed by atoms with Crippen LogP contribution in [-0.4, -0.2) is 30.3 Å². The molecule has 0 N–H and O–H groups in total. The van der Waals surface area contributed by atoms with Gasteiger partial charge < -0.3 is 14.0 Å². The molecule has 0 aliphatic carbocycles. The summed E-state index contributed by atoms with van der Waals surface area (Å²) in [6, 6.07) is 12.5. The normalized spacial score (nSPS) is 11.9. The smallest absolute Gasteiger partial charge is 0.286 e. The zero-order valence-corrected chi connectivity index (χ0v) is 17.0. The molecule has 0 fully saturated rings. The predicted molar refractivity (Wildman–Crippen MR) is 109 cm³/mol. The van der Waals surface area contributed by atoms with Gasteiger partial charge in [-0.25, -0.2) is 0 Å². The molecule has 5 nitrogen and oxygen atoms in total. The molecule has 0 bridgehead atoms. The number of carbonyl (C=O) groups excluding carboxylic acids is 1. The monoisotopic (exact) mass is 424 g/mol. The Morgan fingerprint density at radius 1 is 1.19 bits per heavy atom. The van der Waals surface area contributed by atoms with Gasteiger partial charge in [0, 0.05) is 18.2 Å². The van der Waals surface area contributed by atoms with Crippen LogP contribution in [0, 0.1) is 0 Å². The summed E-state index contributed by atoms with van der Waals surface area (Å²) in [6.45, 7) is 3.47. The van der Waals surface area contributed by atoms with Crippen LogP contribution in [0.15, 0.2) is 47.5 Å². The number of benzene rings is 2. The van der Waals surface area contributed by atoms with E-state index >= 15 is 0 Å². The van der Waals surface area contributed by atoms with Crippen molar-refractivity contribution in [2.45, 2.75) is 13.5 Å². The summed E-state index contributed by atoms with van der Waals surface area (Å²) in [7, 11) is 0. The summed E-state index contributed by atoms with van der Waals surface area (Å²) in [5.41, 5.74) is 0.856. The minimum Gasteiger partial charge on any atom is -0.484 e. The van der Waals surface area contributed by atoms with Crippen LogP contribution in [0.1, 0.15) is 6.92 Å². The highest BCUT2D eigenvalue weighted by atomic mass is 35.5. The van der Waals surface area contributed by atoms with Gasteiger partial charge in [0.1, 0.15) is 5.75 Å². The second-order valence-corrected chi connectivity index (χ2v) is 7.42. The van der Waals surface area contributed by atoms with Crippen LogP contribution in [-0.2, 0) is 16.1 Å². The highest BCUT2D eigenvalue weighted by Gasteiger charge is 2.11. The fraction of sp³-hybridized carbons (Fsp3) is 0.263. The van der Waals surface area contributed by atoms with Crippen molar-refractivity contribution in [3.63, 3.8) is 0 Å². The van der Waals surface area contributed by atoms with E-state index in [-0.39, 0.29) is 12.5 Å². The molecule has 1 heterocycles. The number of nitrogens with zero attached hydrogens (tertiary/aromatic N) is 2. The van der Waals surface area contributed by atoms with Crippen LogP contribution in [0.25, 0.3) is 10.2 Å². The van der Waals surface area contributed by atoms with E-state index in [9.17, 15) is 4.79 Å². The Bertz CT molecular complexity index is 996. The maximum atomic E-state index is 12.3. The average molecular weight is 425 g/mol. The Morgan fingerprint density at radius 2 is 1.96 bits per heavy atom. The lowest BCUT2D eigenvalue weighted by Gasteiger charge is -2.06. The third kappa shape index (κ3) is 5.11. The van der Waals surface area contributed by atoms with Crippen LogP contribution >= 0.6 is 34.5 Å². The maximum absolute atomic E-state index is 12.3. The molecule has 3 aromatic rings. The molecule has 0 spiro atoms. The minimum absolute atomic E-state index is 0.158. The highest BCUT2D eigenvalue weighted by molar-refractivity contribution is 7.16. The standard InChI is InChI=1S/C19H18Cl2N2O3S/c1-2-25-11-10-23-18-15(21)4-3-5-16(18)27-19(23)22-17(24)12-26-14-8-6-13(20)7-9-14/h3-9H,2,10-12H2,1H3. The molecular weight excluding hydrogens is 407 g/mol. The van der Waals surface area contributed by atoms with Gasteiger partial charge >= 0.3 is 0 Å². The number of ether oxygens (including phenoxy) is 2. The molecule has 3 rings (SSSR count). The van der Waals surface area contributed by atoms with E-state index in [4.69, 9.17) is 32.7 Å². The molecule has 0 aliphatic heterocycles. The van der Waals surface area contributed by atoms with Crippen LogP contribution in [0.3, 0.4) is 0 Å². The zero-order chi connectivity index (χ0) is 19.2. The van der Waals surface area contributed by atoms with Gasteiger partial charge in [-0.1, -0.05) is 40.6 Å². The first-order valence-corrected chi connectivity index (χ1v) is 9.97. The van der Waals surface area contributed by atoms with Crippen molar-refractivity contribution in [3.8, 4) is 5.75 Å². The number of rotatable bonds is 7. The number of thiazole rings is 1. The Morgan fingerprint density at radius 3 is 2.70 bits per heavy atom. The third-order valence-corrected chi connectivity index (χ3v) is 5.31. The van der Waals surface area contributed by atoms with Gasteiger partial charge in [-0.3, -0.25) is 4.79 Å². The summed E-state index contributed by atoms with van der Waals surface area (Å²) in [4.78, 5) is 17.1. The summed E-state index contributed by atoms with van der Waals surface area (Å²) >= 11 is 13.6. The first-order chi connectivity index (χ1) is 13.1. The molecule has 1 aromatic heterocycles. The van der Waals surface area contributed by atoms with Crippen LogP contribution in [0.4, 0.5) is 0 Å². The van der Waals surface area contributed by atoms with E-state index in [1.54, 1.807) is 24.3 Å². The Hall–Kier alpha value is -1.86. The molecule has 27 heavy (non-hydrogen) atoms. The molecule has 0 atom stereocenters. The summed E-state index contributed by atoms with van der Waals surface area (Å²) < 4.78 is 13.8. The van der Waals surface area contributed by atoms with E-state index < -0.39 is 0 Å². The van der Waals surface area contributed by atoms with Crippen molar-refractivity contribution in [1.82, 2.24) is 4.57 Å². The lowest BCUT2D eigenvalue weighted by atomic mass is 10.3. The average Bonchev–Trinajstić information content (AvgIpc) is 3.00. The van der Waals surface area contributed by atoms with Crippen molar-refractivity contribution in [2.75, 3.05) is 19.8 Å². The van der Waals surface area contributed by atoms with E-state index in [0.717, 1.165) is 10.2 Å². The number of carbonyl (C=O) groups is 1. The van der Waals surface area contributed by atoms with Crippen LogP contribution in [0.2, 0.25) is 10.0 Å². The van der Waals surface area contributed by atoms with Crippen molar-refractivity contribution in [1.29, 1.82) is 0 Å². The molecule has 0 radical (unpaired) electrons. The molecule has 0 unspecified atom stereocenters. The van der Waals surface area contributed by atoms with E-state index in [1.165, 1.54) is 11.3 Å². The van der Waals surface area contributed by atoms with Gasteiger partial charge in [0.15, 0.2) is 11.4 Å². The fourth-order valence-electron chi connectivity index (χ4n) is 2.49. The largest absolute Gasteiger partial charge is 0.484 e. The van der Waals surface area contributed by atoms with Crippen molar-refractivity contribution < 1.29 is 14.3 Å². The van der Waals surface area contributed by atoms with E-state index in [0.29, 0.717) is 40.4 Å². The molecule has 0 saturated heterocycles. The van der Waals surface area contributed by atoms with Gasteiger partial charge in [0.25, 0.3) is 5.91 Å². The molecule has 0 aliphatic rings. The fourth-order valence-corrected chi connectivity index (χ4v) is 4.05.